The van der Waals surface area contributed by atoms with Gasteiger partial charge in [-0.2, -0.15) is 0 Å². The summed E-state index contributed by atoms with van der Waals surface area (Å²) in [7, 11) is 0. The van der Waals surface area contributed by atoms with Crippen molar-refractivity contribution < 1.29 is 8.78 Å². The van der Waals surface area contributed by atoms with Gasteiger partial charge in [0.2, 0.25) is 0 Å². The van der Waals surface area contributed by atoms with Gasteiger partial charge in [0.15, 0.2) is 0 Å². The summed E-state index contributed by atoms with van der Waals surface area (Å²) in [5.41, 5.74) is 6.43. The van der Waals surface area contributed by atoms with E-state index in [0.29, 0.717) is 11.5 Å². The molecule has 0 saturated carbocycles. The van der Waals surface area contributed by atoms with Crippen LogP contribution in [0.2, 0.25) is 0 Å². The first kappa shape index (κ1) is 13.1. The van der Waals surface area contributed by atoms with Crippen molar-refractivity contribution in [2.45, 2.75) is 39.2 Å². The molecule has 0 radical (unpaired) electrons. The Kier molecular flexibility index (Phi) is 4.87. The minimum atomic E-state index is -0.561. The molecule has 0 aromatic heterocycles. The van der Waals surface area contributed by atoms with Crippen molar-refractivity contribution in [3.05, 3.63) is 35.4 Å². The molecular formula is C13H19F2N. The molecule has 0 aliphatic rings. The molecule has 0 aliphatic carbocycles. The van der Waals surface area contributed by atoms with Gasteiger partial charge in [0.1, 0.15) is 11.6 Å². The Hall–Kier alpha value is -0.960. The fourth-order valence-corrected chi connectivity index (χ4v) is 1.70. The summed E-state index contributed by atoms with van der Waals surface area (Å²) < 4.78 is 25.9. The molecule has 0 heterocycles. The summed E-state index contributed by atoms with van der Waals surface area (Å²) in [5, 5.41) is 0. The molecule has 16 heavy (non-hydrogen) atoms. The van der Waals surface area contributed by atoms with Crippen LogP contribution in [0.1, 0.15) is 44.7 Å². The summed E-state index contributed by atoms with van der Waals surface area (Å²) in [6.07, 6.45) is 2.84. The molecule has 0 spiro atoms. The normalized spacial score (nSPS) is 13.1. The van der Waals surface area contributed by atoms with Crippen LogP contribution >= 0.6 is 0 Å². The van der Waals surface area contributed by atoms with Crippen LogP contribution in [-0.2, 0) is 0 Å². The van der Waals surface area contributed by atoms with Crippen LogP contribution in [-0.4, -0.2) is 0 Å². The van der Waals surface area contributed by atoms with Crippen LogP contribution in [0.5, 0.6) is 0 Å². The number of halogens is 2. The molecule has 0 bridgehead atoms. The van der Waals surface area contributed by atoms with Gasteiger partial charge in [0.05, 0.1) is 0 Å². The van der Waals surface area contributed by atoms with Gasteiger partial charge < -0.3 is 5.73 Å². The molecule has 0 aliphatic heterocycles. The second-order valence-electron chi connectivity index (χ2n) is 4.63. The zero-order valence-electron chi connectivity index (χ0n) is 9.84. The predicted octanol–water partition coefficient (Wildman–Crippen LogP) is 3.79. The van der Waals surface area contributed by atoms with Gasteiger partial charge >= 0.3 is 0 Å². The summed E-state index contributed by atoms with van der Waals surface area (Å²) in [5.74, 6) is -0.486. The summed E-state index contributed by atoms with van der Waals surface area (Å²) >= 11 is 0. The molecule has 1 nitrogen and oxygen atoms in total. The molecule has 2 N–H and O–H groups in total. The lowest BCUT2D eigenvalue weighted by Crippen LogP contribution is -2.11. The number of hydrogen-bond donors (Lipinski definition) is 1. The minimum Gasteiger partial charge on any atom is -0.324 e. The number of rotatable bonds is 5. The maximum Gasteiger partial charge on any atom is 0.126 e. The maximum atomic E-state index is 12.9. The van der Waals surface area contributed by atoms with Crippen molar-refractivity contribution in [3.63, 3.8) is 0 Å². The van der Waals surface area contributed by atoms with E-state index < -0.39 is 11.6 Å². The third kappa shape index (κ3) is 4.27. The summed E-state index contributed by atoms with van der Waals surface area (Å²) in [6.45, 7) is 4.29. The van der Waals surface area contributed by atoms with E-state index in [9.17, 15) is 8.78 Å². The molecular weight excluding hydrogens is 208 g/mol. The molecule has 3 heteroatoms. The van der Waals surface area contributed by atoms with Crippen LogP contribution in [0.25, 0.3) is 0 Å². The van der Waals surface area contributed by atoms with Crippen molar-refractivity contribution in [2.75, 3.05) is 0 Å². The summed E-state index contributed by atoms with van der Waals surface area (Å²) in [4.78, 5) is 0. The van der Waals surface area contributed by atoms with Gasteiger partial charge in [0, 0.05) is 12.1 Å². The SMILES string of the molecule is CC(C)CCCC(N)c1cc(F)cc(F)c1. The van der Waals surface area contributed by atoms with Crippen molar-refractivity contribution in [3.8, 4) is 0 Å². The van der Waals surface area contributed by atoms with Gasteiger partial charge in [-0.25, -0.2) is 8.78 Å². The monoisotopic (exact) mass is 227 g/mol. The first-order valence-corrected chi connectivity index (χ1v) is 5.70. The molecule has 1 rings (SSSR count). The van der Waals surface area contributed by atoms with Crippen LogP contribution in [0.15, 0.2) is 18.2 Å². The quantitative estimate of drug-likeness (QED) is 0.813. The van der Waals surface area contributed by atoms with Crippen molar-refractivity contribution in [1.29, 1.82) is 0 Å². The highest BCUT2D eigenvalue weighted by Crippen LogP contribution is 2.20. The van der Waals surface area contributed by atoms with E-state index in [0.717, 1.165) is 25.3 Å². The van der Waals surface area contributed by atoms with Gasteiger partial charge in [-0.3, -0.25) is 0 Å². The third-order valence-corrected chi connectivity index (χ3v) is 2.61. The number of benzene rings is 1. The van der Waals surface area contributed by atoms with E-state index in [2.05, 4.69) is 13.8 Å². The molecule has 1 aromatic rings. The van der Waals surface area contributed by atoms with Gasteiger partial charge in [-0.05, 0) is 30.0 Å². The highest BCUT2D eigenvalue weighted by molar-refractivity contribution is 5.20. The lowest BCUT2D eigenvalue weighted by Gasteiger charge is -2.13. The largest absolute Gasteiger partial charge is 0.324 e. The minimum absolute atomic E-state index is 0.274. The Morgan fingerprint density at radius 2 is 1.62 bits per heavy atom. The van der Waals surface area contributed by atoms with Crippen molar-refractivity contribution in [1.82, 2.24) is 0 Å². The molecule has 1 unspecified atom stereocenters. The first-order valence-electron chi connectivity index (χ1n) is 5.70. The Morgan fingerprint density at radius 1 is 1.06 bits per heavy atom. The summed E-state index contributed by atoms with van der Waals surface area (Å²) in [6, 6.07) is 3.21. The van der Waals surface area contributed by atoms with E-state index in [1.165, 1.54) is 12.1 Å². The van der Waals surface area contributed by atoms with E-state index in [1.807, 2.05) is 0 Å². The molecule has 90 valence electrons. The smallest absolute Gasteiger partial charge is 0.126 e. The fraction of sp³-hybridized carbons (Fsp3) is 0.538. The van der Waals surface area contributed by atoms with E-state index >= 15 is 0 Å². The van der Waals surface area contributed by atoms with Gasteiger partial charge in [-0.15, -0.1) is 0 Å². The molecule has 0 saturated heterocycles. The first-order chi connectivity index (χ1) is 7.49. The maximum absolute atomic E-state index is 12.9. The second-order valence-corrected chi connectivity index (χ2v) is 4.63. The Balaban J connectivity index is 2.55. The van der Waals surface area contributed by atoms with Crippen LogP contribution in [0.4, 0.5) is 8.78 Å². The van der Waals surface area contributed by atoms with Crippen LogP contribution in [0, 0.1) is 17.6 Å². The Morgan fingerprint density at radius 3 is 2.12 bits per heavy atom. The van der Waals surface area contributed by atoms with E-state index in [4.69, 9.17) is 5.73 Å². The third-order valence-electron chi connectivity index (χ3n) is 2.61. The fourth-order valence-electron chi connectivity index (χ4n) is 1.70. The highest BCUT2D eigenvalue weighted by atomic mass is 19.1. The molecule has 0 fully saturated rings. The van der Waals surface area contributed by atoms with Crippen molar-refractivity contribution in [2.24, 2.45) is 11.7 Å². The standard InChI is InChI=1S/C13H19F2N/c1-9(2)4-3-5-13(16)10-6-11(14)8-12(15)7-10/h6-9,13H,3-5,16H2,1-2H3. The molecule has 1 aromatic carbocycles. The zero-order chi connectivity index (χ0) is 12.1. The topological polar surface area (TPSA) is 26.0 Å². The van der Waals surface area contributed by atoms with Gasteiger partial charge in [0.25, 0.3) is 0 Å². The number of nitrogens with two attached hydrogens (primary N) is 1. The van der Waals surface area contributed by atoms with Crippen molar-refractivity contribution >= 4 is 0 Å². The highest BCUT2D eigenvalue weighted by Gasteiger charge is 2.09. The molecule has 0 amide bonds. The second kappa shape index (κ2) is 5.94. The van der Waals surface area contributed by atoms with Crippen LogP contribution in [0.3, 0.4) is 0 Å². The molecule has 1 atom stereocenters. The zero-order valence-corrected chi connectivity index (χ0v) is 9.84. The van der Waals surface area contributed by atoms with E-state index in [-0.39, 0.29) is 6.04 Å². The number of hydrogen-bond acceptors (Lipinski definition) is 1. The Bertz CT molecular complexity index is 316. The van der Waals surface area contributed by atoms with Crippen LogP contribution < -0.4 is 5.73 Å². The van der Waals surface area contributed by atoms with E-state index in [1.54, 1.807) is 0 Å². The average Bonchev–Trinajstić information content (AvgIpc) is 2.15. The average molecular weight is 227 g/mol. The lowest BCUT2D eigenvalue weighted by molar-refractivity contribution is 0.501. The predicted molar refractivity (Wildman–Crippen MR) is 62.0 cm³/mol. The Labute approximate surface area is 95.7 Å². The van der Waals surface area contributed by atoms with Gasteiger partial charge in [-0.1, -0.05) is 26.7 Å². The lowest BCUT2D eigenvalue weighted by atomic mass is 9.98.